The highest BCUT2D eigenvalue weighted by molar-refractivity contribution is 5.19. The van der Waals surface area contributed by atoms with Crippen LogP contribution < -0.4 is 0 Å². The van der Waals surface area contributed by atoms with Crippen LogP contribution in [0.2, 0.25) is 0 Å². The standard InChI is InChI=1S/C20H34O2/c1-7-19(5,22)11-10-16-14(2)8-9-17-18(3,4)12-15(21)13-20(16,17)6/h7-8,15-17,21-22H,1,9-13H2,2-6H3. The molecule has 2 nitrogen and oxygen atoms in total. The minimum absolute atomic E-state index is 0.122. The molecule has 0 aromatic rings. The summed E-state index contributed by atoms with van der Waals surface area (Å²) in [5, 5.41) is 20.7. The number of hydrogen-bond acceptors (Lipinski definition) is 2. The first-order valence-corrected chi connectivity index (χ1v) is 8.72. The topological polar surface area (TPSA) is 40.5 Å². The van der Waals surface area contributed by atoms with Crippen LogP contribution in [-0.2, 0) is 0 Å². The van der Waals surface area contributed by atoms with E-state index in [1.54, 1.807) is 6.08 Å². The van der Waals surface area contributed by atoms with Gasteiger partial charge in [0.1, 0.15) is 0 Å². The molecule has 0 aliphatic heterocycles. The van der Waals surface area contributed by atoms with E-state index < -0.39 is 5.60 Å². The monoisotopic (exact) mass is 306 g/mol. The van der Waals surface area contributed by atoms with E-state index in [1.807, 2.05) is 6.92 Å². The molecule has 5 unspecified atom stereocenters. The molecule has 1 fully saturated rings. The van der Waals surface area contributed by atoms with Crippen molar-refractivity contribution in [3.63, 3.8) is 0 Å². The number of fused-ring (bicyclic) bond motifs is 1. The number of aliphatic hydroxyl groups is 2. The Hall–Kier alpha value is -0.600. The zero-order valence-electron chi connectivity index (χ0n) is 15.0. The van der Waals surface area contributed by atoms with Crippen molar-refractivity contribution in [2.75, 3.05) is 0 Å². The van der Waals surface area contributed by atoms with Crippen LogP contribution in [0.5, 0.6) is 0 Å². The lowest BCUT2D eigenvalue weighted by atomic mass is 9.47. The minimum atomic E-state index is -0.799. The quantitative estimate of drug-likeness (QED) is 0.752. The average molecular weight is 306 g/mol. The summed E-state index contributed by atoms with van der Waals surface area (Å²) in [6.07, 6.45) is 8.43. The Morgan fingerprint density at radius 1 is 1.36 bits per heavy atom. The molecule has 2 aliphatic rings. The minimum Gasteiger partial charge on any atom is -0.393 e. The van der Waals surface area contributed by atoms with E-state index in [9.17, 15) is 10.2 Å². The molecule has 0 saturated heterocycles. The van der Waals surface area contributed by atoms with Gasteiger partial charge in [-0.2, -0.15) is 0 Å². The summed E-state index contributed by atoms with van der Waals surface area (Å²) in [5.74, 6) is 1.04. The largest absolute Gasteiger partial charge is 0.393 e. The number of rotatable bonds is 4. The highest BCUT2D eigenvalue weighted by Gasteiger charge is 2.54. The van der Waals surface area contributed by atoms with Crippen molar-refractivity contribution in [1.29, 1.82) is 0 Å². The van der Waals surface area contributed by atoms with Gasteiger partial charge in [-0.3, -0.25) is 0 Å². The van der Waals surface area contributed by atoms with Crippen LogP contribution in [0.4, 0.5) is 0 Å². The maximum atomic E-state index is 10.4. The van der Waals surface area contributed by atoms with Gasteiger partial charge in [0.2, 0.25) is 0 Å². The van der Waals surface area contributed by atoms with Crippen LogP contribution in [-0.4, -0.2) is 21.9 Å². The third kappa shape index (κ3) is 3.19. The second kappa shape index (κ2) is 5.79. The molecule has 0 bridgehead atoms. The van der Waals surface area contributed by atoms with Crippen molar-refractivity contribution in [2.45, 2.75) is 78.4 Å². The van der Waals surface area contributed by atoms with Crippen molar-refractivity contribution < 1.29 is 10.2 Å². The first kappa shape index (κ1) is 17.7. The Bertz CT molecular complexity index is 460. The van der Waals surface area contributed by atoms with E-state index in [0.29, 0.717) is 11.8 Å². The van der Waals surface area contributed by atoms with Crippen molar-refractivity contribution in [3.8, 4) is 0 Å². The summed E-state index contributed by atoms with van der Waals surface area (Å²) in [5.41, 5.74) is 0.926. The van der Waals surface area contributed by atoms with E-state index in [4.69, 9.17) is 0 Å². The van der Waals surface area contributed by atoms with E-state index in [-0.39, 0.29) is 16.9 Å². The van der Waals surface area contributed by atoms with Gasteiger partial charge in [0, 0.05) is 0 Å². The molecule has 126 valence electrons. The molecular formula is C20H34O2. The highest BCUT2D eigenvalue weighted by atomic mass is 16.3. The van der Waals surface area contributed by atoms with E-state index in [1.165, 1.54) is 5.57 Å². The lowest BCUT2D eigenvalue weighted by molar-refractivity contribution is -0.0975. The second-order valence-corrected chi connectivity index (χ2v) is 8.95. The molecule has 0 amide bonds. The molecule has 5 atom stereocenters. The van der Waals surface area contributed by atoms with E-state index >= 15 is 0 Å². The van der Waals surface area contributed by atoms with Gasteiger partial charge in [-0.05, 0) is 68.6 Å². The zero-order valence-corrected chi connectivity index (χ0v) is 15.0. The van der Waals surface area contributed by atoms with Gasteiger partial charge < -0.3 is 10.2 Å². The Morgan fingerprint density at radius 2 is 2.00 bits per heavy atom. The maximum absolute atomic E-state index is 10.4. The lowest BCUT2D eigenvalue weighted by Crippen LogP contribution is -2.52. The normalized spacial score (nSPS) is 40.3. The molecule has 1 saturated carbocycles. The van der Waals surface area contributed by atoms with Crippen molar-refractivity contribution in [3.05, 3.63) is 24.3 Å². The van der Waals surface area contributed by atoms with E-state index in [2.05, 4.69) is 40.3 Å². The Balaban J connectivity index is 2.29. The van der Waals surface area contributed by atoms with Crippen LogP contribution in [0.15, 0.2) is 24.3 Å². The smallest absolute Gasteiger partial charge is 0.0797 e. The fourth-order valence-corrected chi connectivity index (χ4v) is 5.40. The van der Waals surface area contributed by atoms with Gasteiger partial charge in [0.05, 0.1) is 11.7 Å². The SMILES string of the molecule is C=CC(C)(O)CCC1C(C)=CCC2C(C)(C)CC(O)CC12C. The second-order valence-electron chi connectivity index (χ2n) is 8.95. The summed E-state index contributed by atoms with van der Waals surface area (Å²) >= 11 is 0. The van der Waals surface area contributed by atoms with Gasteiger partial charge in [0.25, 0.3) is 0 Å². The zero-order chi connectivity index (χ0) is 16.8. The van der Waals surface area contributed by atoms with Crippen molar-refractivity contribution in [1.82, 2.24) is 0 Å². The molecule has 0 heterocycles. The molecule has 0 radical (unpaired) electrons. The Labute approximate surface area is 136 Å². The number of hydrogen-bond donors (Lipinski definition) is 2. The van der Waals surface area contributed by atoms with Crippen LogP contribution in [0.1, 0.15) is 66.7 Å². The summed E-state index contributed by atoms with van der Waals surface area (Å²) in [6.45, 7) is 14.8. The van der Waals surface area contributed by atoms with Crippen LogP contribution >= 0.6 is 0 Å². The molecule has 0 aromatic heterocycles. The van der Waals surface area contributed by atoms with Gasteiger partial charge in [-0.15, -0.1) is 6.58 Å². The van der Waals surface area contributed by atoms with Crippen molar-refractivity contribution in [2.24, 2.45) is 22.7 Å². The molecule has 2 rings (SSSR count). The van der Waals surface area contributed by atoms with Crippen molar-refractivity contribution >= 4 is 0 Å². The molecule has 0 aromatic carbocycles. The molecule has 0 spiro atoms. The third-order valence-corrected chi connectivity index (χ3v) is 6.58. The van der Waals surface area contributed by atoms with Gasteiger partial charge in [-0.25, -0.2) is 0 Å². The fraction of sp³-hybridized carbons (Fsp3) is 0.800. The predicted octanol–water partition coefficient (Wildman–Crippen LogP) is 4.47. The number of aliphatic hydroxyl groups excluding tert-OH is 1. The van der Waals surface area contributed by atoms with Gasteiger partial charge >= 0.3 is 0 Å². The fourth-order valence-electron chi connectivity index (χ4n) is 5.40. The first-order chi connectivity index (χ1) is 10.0. The van der Waals surface area contributed by atoms with Crippen LogP contribution in [0.3, 0.4) is 0 Å². The van der Waals surface area contributed by atoms with Crippen LogP contribution in [0.25, 0.3) is 0 Å². The Kier molecular flexibility index (Phi) is 4.68. The lowest BCUT2D eigenvalue weighted by Gasteiger charge is -2.58. The van der Waals surface area contributed by atoms with Crippen LogP contribution in [0, 0.1) is 22.7 Å². The predicted molar refractivity (Wildman–Crippen MR) is 92.5 cm³/mol. The van der Waals surface area contributed by atoms with E-state index in [0.717, 1.165) is 32.1 Å². The third-order valence-electron chi connectivity index (χ3n) is 6.58. The summed E-state index contributed by atoms with van der Waals surface area (Å²) in [7, 11) is 0. The Morgan fingerprint density at radius 3 is 2.59 bits per heavy atom. The highest BCUT2D eigenvalue weighted by Crippen LogP contribution is 2.60. The summed E-state index contributed by atoms with van der Waals surface area (Å²) in [6, 6.07) is 0. The van der Waals surface area contributed by atoms with Gasteiger partial charge in [-0.1, -0.05) is 38.5 Å². The number of allylic oxidation sites excluding steroid dienone is 2. The van der Waals surface area contributed by atoms with Gasteiger partial charge in [0.15, 0.2) is 0 Å². The summed E-state index contributed by atoms with van der Waals surface area (Å²) in [4.78, 5) is 0. The molecule has 22 heavy (non-hydrogen) atoms. The average Bonchev–Trinajstić information content (AvgIpc) is 2.35. The first-order valence-electron chi connectivity index (χ1n) is 8.72. The summed E-state index contributed by atoms with van der Waals surface area (Å²) < 4.78 is 0. The maximum Gasteiger partial charge on any atom is 0.0797 e. The molecule has 2 aliphatic carbocycles. The molecular weight excluding hydrogens is 272 g/mol. The molecule has 2 N–H and O–H groups in total. The molecule has 2 heteroatoms.